The van der Waals surface area contributed by atoms with E-state index in [1.54, 1.807) is 26.1 Å². The minimum Gasteiger partial charge on any atom is -0.497 e. The van der Waals surface area contributed by atoms with Gasteiger partial charge in [0.25, 0.3) is 5.91 Å². The monoisotopic (exact) mass is 400 g/mol. The van der Waals surface area contributed by atoms with Crippen molar-refractivity contribution >= 4 is 28.3 Å². The van der Waals surface area contributed by atoms with Crippen molar-refractivity contribution in [2.75, 3.05) is 26.5 Å². The molecule has 0 radical (unpaired) electrons. The van der Waals surface area contributed by atoms with E-state index >= 15 is 0 Å². The van der Waals surface area contributed by atoms with Gasteiger partial charge in [-0.15, -0.1) is 0 Å². The van der Waals surface area contributed by atoms with E-state index in [0.29, 0.717) is 5.56 Å². The van der Waals surface area contributed by atoms with Gasteiger partial charge in [-0.25, -0.2) is 4.98 Å². The van der Waals surface area contributed by atoms with Crippen molar-refractivity contribution < 1.29 is 9.53 Å². The molecular weight excluding hydrogens is 376 g/mol. The lowest BCUT2D eigenvalue weighted by Gasteiger charge is -2.11. The van der Waals surface area contributed by atoms with Gasteiger partial charge in [0, 0.05) is 61.8 Å². The molecule has 6 nitrogen and oxygen atoms in total. The number of nitrogens with zero attached hydrogens (tertiary/aromatic N) is 3. The fourth-order valence-electron chi connectivity index (χ4n) is 3.47. The second kappa shape index (κ2) is 7.91. The summed E-state index contributed by atoms with van der Waals surface area (Å²) in [6.45, 7) is 0. The van der Waals surface area contributed by atoms with Crippen LogP contribution in [0.4, 0.5) is 11.5 Å². The third-order valence-corrected chi connectivity index (χ3v) is 5.10. The number of anilines is 2. The Morgan fingerprint density at radius 2 is 1.83 bits per heavy atom. The van der Waals surface area contributed by atoms with Gasteiger partial charge in [0.1, 0.15) is 11.6 Å². The van der Waals surface area contributed by atoms with E-state index in [9.17, 15) is 4.79 Å². The number of carbonyl (C=O) groups is 1. The number of carbonyl (C=O) groups excluding carboxylic acids is 1. The van der Waals surface area contributed by atoms with Crippen LogP contribution in [0.1, 0.15) is 10.4 Å². The molecule has 0 fully saturated rings. The van der Waals surface area contributed by atoms with Gasteiger partial charge in [0.05, 0.1) is 12.6 Å². The molecule has 1 amide bonds. The van der Waals surface area contributed by atoms with E-state index in [1.165, 1.54) is 0 Å². The topological polar surface area (TPSA) is 59.4 Å². The van der Waals surface area contributed by atoms with E-state index in [-0.39, 0.29) is 5.91 Å². The van der Waals surface area contributed by atoms with Crippen molar-refractivity contribution in [3.05, 3.63) is 72.4 Å². The third-order valence-electron chi connectivity index (χ3n) is 5.10. The molecule has 4 aromatic rings. The summed E-state index contributed by atoms with van der Waals surface area (Å²) in [4.78, 5) is 18.3. The highest BCUT2D eigenvalue weighted by Gasteiger charge is 2.12. The third kappa shape index (κ3) is 3.72. The van der Waals surface area contributed by atoms with Crippen LogP contribution in [0.15, 0.2) is 66.9 Å². The maximum absolute atomic E-state index is 12.1. The van der Waals surface area contributed by atoms with Crippen LogP contribution in [0.5, 0.6) is 5.75 Å². The number of hydrogen-bond acceptors (Lipinski definition) is 4. The van der Waals surface area contributed by atoms with Gasteiger partial charge in [-0.1, -0.05) is 18.2 Å². The summed E-state index contributed by atoms with van der Waals surface area (Å²) in [5, 5.41) is 4.38. The van der Waals surface area contributed by atoms with Crippen LogP contribution in [0.25, 0.3) is 22.2 Å². The Morgan fingerprint density at radius 1 is 1.07 bits per heavy atom. The first-order valence-corrected chi connectivity index (χ1v) is 9.65. The lowest BCUT2D eigenvalue weighted by atomic mass is 10.1. The normalized spacial score (nSPS) is 10.8. The molecular formula is C24H24N4O2. The minimum atomic E-state index is -0.00366. The van der Waals surface area contributed by atoms with Crippen LogP contribution in [0, 0.1) is 0 Å². The van der Waals surface area contributed by atoms with E-state index in [0.717, 1.165) is 39.4 Å². The number of ether oxygens (including phenoxy) is 1. The molecule has 0 unspecified atom stereocenters. The van der Waals surface area contributed by atoms with Gasteiger partial charge in [0.15, 0.2) is 0 Å². The molecule has 0 saturated carbocycles. The predicted octanol–water partition coefficient (Wildman–Crippen LogP) is 4.69. The van der Waals surface area contributed by atoms with Gasteiger partial charge in [0.2, 0.25) is 0 Å². The van der Waals surface area contributed by atoms with Crippen LogP contribution in [0.2, 0.25) is 0 Å². The average molecular weight is 400 g/mol. The van der Waals surface area contributed by atoms with Crippen LogP contribution < -0.4 is 10.1 Å². The highest BCUT2D eigenvalue weighted by Crippen LogP contribution is 2.29. The van der Waals surface area contributed by atoms with Crippen LogP contribution in [-0.4, -0.2) is 41.6 Å². The summed E-state index contributed by atoms with van der Waals surface area (Å²) in [7, 11) is 7.19. The first-order chi connectivity index (χ1) is 14.5. The summed E-state index contributed by atoms with van der Waals surface area (Å²) in [6.07, 6.45) is 1.87. The van der Waals surface area contributed by atoms with Gasteiger partial charge < -0.3 is 19.5 Å². The zero-order chi connectivity index (χ0) is 21.3. The van der Waals surface area contributed by atoms with E-state index in [4.69, 9.17) is 4.74 Å². The summed E-state index contributed by atoms with van der Waals surface area (Å²) in [5.74, 6) is 1.55. The Balaban J connectivity index is 1.65. The molecule has 0 aliphatic rings. The largest absolute Gasteiger partial charge is 0.497 e. The van der Waals surface area contributed by atoms with Crippen LogP contribution in [-0.2, 0) is 7.05 Å². The molecule has 6 heteroatoms. The van der Waals surface area contributed by atoms with Gasteiger partial charge in [-0.2, -0.15) is 0 Å². The zero-order valence-corrected chi connectivity index (χ0v) is 17.5. The van der Waals surface area contributed by atoms with Crippen molar-refractivity contribution in [2.24, 2.45) is 7.05 Å². The van der Waals surface area contributed by atoms with Crippen molar-refractivity contribution in [1.29, 1.82) is 0 Å². The molecule has 2 heterocycles. The van der Waals surface area contributed by atoms with E-state index in [1.807, 2.05) is 67.8 Å². The van der Waals surface area contributed by atoms with Gasteiger partial charge in [-0.05, 0) is 35.9 Å². The molecule has 0 spiro atoms. The number of benzene rings is 2. The Hall–Kier alpha value is -3.80. The molecule has 0 saturated heterocycles. The van der Waals surface area contributed by atoms with E-state index in [2.05, 4.69) is 20.9 Å². The first-order valence-electron chi connectivity index (χ1n) is 9.65. The second-order valence-corrected chi connectivity index (χ2v) is 7.35. The Morgan fingerprint density at radius 3 is 2.53 bits per heavy atom. The summed E-state index contributed by atoms with van der Waals surface area (Å²) < 4.78 is 7.42. The summed E-state index contributed by atoms with van der Waals surface area (Å²) in [6, 6.07) is 19.6. The molecule has 4 rings (SSSR count). The number of fused-ring (bicyclic) bond motifs is 1. The fraction of sp³-hybridized carbons (Fsp3) is 0.167. The number of nitrogens with one attached hydrogen (secondary N) is 1. The van der Waals surface area contributed by atoms with Crippen LogP contribution >= 0.6 is 0 Å². The number of rotatable bonds is 5. The average Bonchev–Trinajstić information content (AvgIpc) is 3.09. The first kappa shape index (κ1) is 19.5. The SMILES string of the molecule is COc1cccc(Nc2cc3c(cn2)cc(-c2ccc(C(=O)N(C)C)cc2)n3C)c1. The molecule has 152 valence electrons. The molecule has 0 atom stereocenters. The van der Waals surface area contributed by atoms with Crippen molar-refractivity contribution in [3.8, 4) is 17.0 Å². The number of pyridine rings is 1. The Bertz CT molecular complexity index is 1210. The smallest absolute Gasteiger partial charge is 0.253 e. The number of hydrogen-bond donors (Lipinski definition) is 1. The second-order valence-electron chi connectivity index (χ2n) is 7.35. The summed E-state index contributed by atoms with van der Waals surface area (Å²) in [5.41, 5.74) is 4.77. The van der Waals surface area contributed by atoms with Crippen molar-refractivity contribution in [1.82, 2.24) is 14.5 Å². The fourth-order valence-corrected chi connectivity index (χ4v) is 3.47. The highest BCUT2D eigenvalue weighted by molar-refractivity contribution is 5.95. The molecule has 0 bridgehead atoms. The van der Waals surface area contributed by atoms with Crippen LogP contribution in [0.3, 0.4) is 0 Å². The van der Waals surface area contributed by atoms with E-state index < -0.39 is 0 Å². The number of aromatic nitrogens is 2. The zero-order valence-electron chi connectivity index (χ0n) is 17.5. The molecule has 30 heavy (non-hydrogen) atoms. The molecule has 1 N–H and O–H groups in total. The molecule has 0 aliphatic carbocycles. The molecule has 0 aliphatic heterocycles. The summed E-state index contributed by atoms with van der Waals surface area (Å²) >= 11 is 0. The lowest BCUT2D eigenvalue weighted by Crippen LogP contribution is -2.21. The number of amides is 1. The van der Waals surface area contributed by atoms with Gasteiger partial charge >= 0.3 is 0 Å². The maximum atomic E-state index is 12.1. The van der Waals surface area contributed by atoms with Crippen molar-refractivity contribution in [3.63, 3.8) is 0 Å². The maximum Gasteiger partial charge on any atom is 0.253 e. The lowest BCUT2D eigenvalue weighted by molar-refractivity contribution is 0.0827. The van der Waals surface area contributed by atoms with Crippen molar-refractivity contribution in [2.45, 2.75) is 0 Å². The number of methoxy groups -OCH3 is 1. The standard InChI is InChI=1S/C24H24N4O2/c1-27(2)24(29)17-10-8-16(9-11-17)21-12-18-15-25-23(14-22(18)28(21)3)26-19-6-5-7-20(13-19)30-4/h5-15H,1-4H3,(H,25,26). The minimum absolute atomic E-state index is 0.00366. The molecule has 2 aromatic heterocycles. The number of aryl methyl sites for hydroxylation is 1. The Labute approximate surface area is 175 Å². The molecule has 2 aromatic carbocycles. The Kier molecular flexibility index (Phi) is 5.14. The van der Waals surface area contributed by atoms with Gasteiger partial charge in [-0.3, -0.25) is 4.79 Å². The quantitative estimate of drug-likeness (QED) is 0.528. The highest BCUT2D eigenvalue weighted by atomic mass is 16.5. The predicted molar refractivity (Wildman–Crippen MR) is 120 cm³/mol.